The second-order valence-corrected chi connectivity index (χ2v) is 10.6. The number of hydrogen-bond donors (Lipinski definition) is 0. The van der Waals surface area contributed by atoms with Gasteiger partial charge in [-0.15, -0.1) is 0 Å². The summed E-state index contributed by atoms with van der Waals surface area (Å²) in [5, 5.41) is 0. The van der Waals surface area contributed by atoms with Crippen LogP contribution < -0.4 is 0 Å². The highest BCUT2D eigenvalue weighted by molar-refractivity contribution is 5.87. The Morgan fingerprint density at radius 2 is 1.13 bits per heavy atom. The monoisotopic (exact) mass is 418 g/mol. The Morgan fingerprint density at radius 3 is 1.37 bits per heavy atom. The van der Waals surface area contributed by atoms with Crippen molar-refractivity contribution in [3.8, 4) is 0 Å². The molecule has 0 radical (unpaired) electrons. The zero-order chi connectivity index (χ0) is 22.7. The third kappa shape index (κ3) is 5.56. The quantitative estimate of drug-likeness (QED) is 0.348. The molecule has 30 heavy (non-hydrogen) atoms. The van der Waals surface area contributed by atoms with E-state index in [4.69, 9.17) is 9.47 Å². The van der Waals surface area contributed by atoms with E-state index in [0.717, 1.165) is 57.8 Å². The molecule has 0 amide bonds. The molecule has 0 bridgehead atoms. The van der Waals surface area contributed by atoms with Gasteiger partial charge in [-0.25, -0.2) is 9.59 Å². The second-order valence-electron chi connectivity index (χ2n) is 10.6. The fourth-order valence-electron chi connectivity index (χ4n) is 5.51. The molecule has 2 fully saturated rings. The fraction of sp³-hybridized carbons (Fsp3) is 0.769. The average molecular weight is 419 g/mol. The van der Waals surface area contributed by atoms with Gasteiger partial charge in [-0.05, 0) is 96.3 Å². The van der Waals surface area contributed by atoms with Crippen LogP contribution in [0.1, 0.15) is 99.3 Å². The third-order valence-electron chi connectivity index (χ3n) is 8.09. The number of esters is 2. The number of rotatable bonds is 7. The second kappa shape index (κ2) is 9.28. The maximum absolute atomic E-state index is 12.0. The molecule has 2 aliphatic rings. The summed E-state index contributed by atoms with van der Waals surface area (Å²) >= 11 is 0. The van der Waals surface area contributed by atoms with E-state index in [1.54, 1.807) is 13.8 Å². The first-order valence-electron chi connectivity index (χ1n) is 11.6. The van der Waals surface area contributed by atoms with Gasteiger partial charge in [-0.3, -0.25) is 0 Å². The van der Waals surface area contributed by atoms with Crippen LogP contribution in [0.15, 0.2) is 24.3 Å². The molecule has 170 valence electrons. The Balaban J connectivity index is 1.99. The van der Waals surface area contributed by atoms with Crippen molar-refractivity contribution in [2.45, 2.75) is 111 Å². The zero-order valence-electron chi connectivity index (χ0n) is 20.1. The largest absolute Gasteiger partial charge is 0.456 e. The van der Waals surface area contributed by atoms with Gasteiger partial charge in [0.2, 0.25) is 0 Å². The minimum absolute atomic E-state index is 0.263. The zero-order valence-corrected chi connectivity index (χ0v) is 20.1. The van der Waals surface area contributed by atoms with Crippen molar-refractivity contribution >= 4 is 11.9 Å². The SMILES string of the molecule is C=C(C)C(=O)OC1(C)CCC(C(C)(CC)C2CCC(C)(OC(=O)C(=C)C)CC2)CC1. The van der Waals surface area contributed by atoms with Gasteiger partial charge in [0.15, 0.2) is 0 Å². The van der Waals surface area contributed by atoms with Gasteiger partial charge in [0.05, 0.1) is 0 Å². The Morgan fingerprint density at radius 1 is 0.833 bits per heavy atom. The molecule has 2 saturated carbocycles. The Kier molecular flexibility index (Phi) is 7.63. The third-order valence-corrected chi connectivity index (χ3v) is 8.09. The summed E-state index contributed by atoms with van der Waals surface area (Å²) in [5.41, 5.74) is 0.453. The summed E-state index contributed by atoms with van der Waals surface area (Å²) in [4.78, 5) is 24.0. The maximum Gasteiger partial charge on any atom is 0.333 e. The van der Waals surface area contributed by atoms with Crippen LogP contribution in [0.4, 0.5) is 0 Å². The van der Waals surface area contributed by atoms with Crippen molar-refractivity contribution in [1.82, 2.24) is 0 Å². The highest BCUT2D eigenvalue weighted by Crippen LogP contribution is 2.53. The van der Waals surface area contributed by atoms with E-state index < -0.39 is 0 Å². The summed E-state index contributed by atoms with van der Waals surface area (Å²) in [6.45, 7) is 19.7. The van der Waals surface area contributed by atoms with Gasteiger partial charge >= 0.3 is 11.9 Å². The minimum Gasteiger partial charge on any atom is -0.456 e. The molecule has 4 nitrogen and oxygen atoms in total. The molecule has 0 aromatic heterocycles. The molecule has 0 atom stereocenters. The molecule has 4 heteroatoms. The van der Waals surface area contributed by atoms with Gasteiger partial charge < -0.3 is 9.47 Å². The first kappa shape index (κ1) is 24.7. The van der Waals surface area contributed by atoms with E-state index in [1.165, 1.54) is 0 Å². The normalized spacial score (nSPS) is 33.8. The van der Waals surface area contributed by atoms with E-state index in [2.05, 4.69) is 40.9 Å². The van der Waals surface area contributed by atoms with Crippen molar-refractivity contribution in [3.63, 3.8) is 0 Å². The van der Waals surface area contributed by atoms with Crippen LogP contribution in [-0.2, 0) is 19.1 Å². The van der Waals surface area contributed by atoms with Crippen molar-refractivity contribution in [1.29, 1.82) is 0 Å². The summed E-state index contributed by atoms with van der Waals surface area (Å²) in [6, 6.07) is 0. The minimum atomic E-state index is -0.372. The Labute approximate surface area is 183 Å². The number of carbonyl (C=O) groups is 2. The lowest BCUT2D eigenvalue weighted by Gasteiger charge is -2.51. The van der Waals surface area contributed by atoms with Crippen LogP contribution in [0.2, 0.25) is 0 Å². The van der Waals surface area contributed by atoms with Gasteiger partial charge in [0.1, 0.15) is 11.2 Å². The molecule has 0 aromatic carbocycles. The summed E-state index contributed by atoms with van der Waals surface area (Å²) in [6.07, 6.45) is 9.13. The summed E-state index contributed by atoms with van der Waals surface area (Å²) in [7, 11) is 0. The molecular formula is C26H42O4. The van der Waals surface area contributed by atoms with Crippen LogP contribution >= 0.6 is 0 Å². The molecule has 0 N–H and O–H groups in total. The lowest BCUT2D eigenvalue weighted by atomic mass is 9.56. The maximum atomic E-state index is 12.0. The number of hydrogen-bond acceptors (Lipinski definition) is 4. The van der Waals surface area contributed by atoms with Crippen molar-refractivity contribution in [2.75, 3.05) is 0 Å². The molecule has 0 spiro atoms. The Hall–Kier alpha value is -1.58. The molecule has 2 rings (SSSR count). The van der Waals surface area contributed by atoms with Crippen LogP contribution in [0, 0.1) is 17.3 Å². The number of carbonyl (C=O) groups excluding carboxylic acids is 2. The van der Waals surface area contributed by atoms with E-state index in [0.29, 0.717) is 23.0 Å². The lowest BCUT2D eigenvalue weighted by Crippen LogP contribution is -2.45. The van der Waals surface area contributed by atoms with Crippen LogP contribution in [-0.4, -0.2) is 23.1 Å². The molecule has 0 aromatic rings. The number of ether oxygens (including phenoxy) is 2. The predicted molar refractivity (Wildman–Crippen MR) is 121 cm³/mol. The van der Waals surface area contributed by atoms with Gasteiger partial charge in [-0.1, -0.05) is 33.4 Å². The summed E-state index contributed by atoms with van der Waals surface area (Å²) < 4.78 is 11.5. The molecule has 0 saturated heterocycles. The lowest BCUT2D eigenvalue weighted by molar-refractivity contribution is -0.160. The van der Waals surface area contributed by atoms with Gasteiger partial charge in [0, 0.05) is 11.1 Å². The van der Waals surface area contributed by atoms with Crippen molar-refractivity contribution in [2.24, 2.45) is 17.3 Å². The average Bonchev–Trinajstić information content (AvgIpc) is 2.67. The Bertz CT molecular complexity index is 619. The van der Waals surface area contributed by atoms with Crippen molar-refractivity contribution in [3.05, 3.63) is 24.3 Å². The molecule has 0 heterocycles. The predicted octanol–water partition coefficient (Wildman–Crippen LogP) is 6.54. The summed E-state index contributed by atoms with van der Waals surface area (Å²) in [5.74, 6) is 0.716. The van der Waals surface area contributed by atoms with Gasteiger partial charge in [-0.2, -0.15) is 0 Å². The van der Waals surface area contributed by atoms with E-state index in [9.17, 15) is 9.59 Å². The van der Waals surface area contributed by atoms with E-state index in [-0.39, 0.29) is 28.6 Å². The smallest absolute Gasteiger partial charge is 0.333 e. The molecule has 0 aliphatic heterocycles. The fourth-order valence-corrected chi connectivity index (χ4v) is 5.51. The highest BCUT2D eigenvalue weighted by Gasteiger charge is 2.47. The van der Waals surface area contributed by atoms with E-state index in [1.807, 2.05) is 0 Å². The molecule has 0 unspecified atom stereocenters. The first-order valence-corrected chi connectivity index (χ1v) is 11.6. The van der Waals surface area contributed by atoms with Gasteiger partial charge in [0.25, 0.3) is 0 Å². The van der Waals surface area contributed by atoms with E-state index >= 15 is 0 Å². The molecule has 2 aliphatic carbocycles. The first-order chi connectivity index (χ1) is 13.8. The molecular weight excluding hydrogens is 376 g/mol. The van der Waals surface area contributed by atoms with Crippen LogP contribution in [0.5, 0.6) is 0 Å². The standard InChI is InChI=1S/C26H42O4/c1-9-26(8,20-10-14-24(6,15-11-20)29-22(27)18(2)3)21-12-16-25(7,17-13-21)30-23(28)19(4)5/h20-21H,2,4,9-17H2,1,3,5-8H3. The van der Waals surface area contributed by atoms with Crippen molar-refractivity contribution < 1.29 is 19.1 Å². The topological polar surface area (TPSA) is 52.6 Å². The highest BCUT2D eigenvalue weighted by atomic mass is 16.6. The van der Waals surface area contributed by atoms with Crippen LogP contribution in [0.25, 0.3) is 0 Å². The van der Waals surface area contributed by atoms with Crippen LogP contribution in [0.3, 0.4) is 0 Å².